The summed E-state index contributed by atoms with van der Waals surface area (Å²) in [6, 6.07) is 12.4. The summed E-state index contributed by atoms with van der Waals surface area (Å²) in [6.45, 7) is 1.34. The average Bonchev–Trinajstić information content (AvgIpc) is 2.72. The number of nitrogens with zero attached hydrogens (tertiary/aromatic N) is 3. The number of nitrogens with one attached hydrogen (secondary N) is 1. The van der Waals surface area contributed by atoms with Gasteiger partial charge in [0.2, 0.25) is 11.7 Å². The van der Waals surface area contributed by atoms with Gasteiger partial charge in [-0.15, -0.1) is 0 Å². The lowest BCUT2D eigenvalue weighted by Gasteiger charge is -2.44. The fourth-order valence-electron chi connectivity index (χ4n) is 3.43. The Hall–Kier alpha value is -2.59. The molecule has 6 nitrogen and oxygen atoms in total. The van der Waals surface area contributed by atoms with Crippen LogP contribution in [0.3, 0.4) is 0 Å². The highest BCUT2D eigenvalue weighted by atomic mass is 35.5. The Morgan fingerprint density at radius 2 is 1.78 bits per heavy atom. The van der Waals surface area contributed by atoms with Crippen LogP contribution < -0.4 is 0 Å². The fourth-order valence-corrected chi connectivity index (χ4v) is 3.56. The van der Waals surface area contributed by atoms with E-state index in [-0.39, 0.29) is 6.61 Å². The molecule has 2 aliphatic rings. The van der Waals surface area contributed by atoms with Crippen molar-refractivity contribution in [3.8, 4) is 18.2 Å². The molecule has 2 aliphatic heterocycles. The van der Waals surface area contributed by atoms with Crippen LogP contribution in [0.2, 0.25) is 5.02 Å². The fraction of sp³-hybridized carbons (Fsp3) is 0.375. The minimum atomic E-state index is -1.79. The first kappa shape index (κ1) is 15.3. The Kier molecular flexibility index (Phi) is 3.13. The van der Waals surface area contributed by atoms with Crippen LogP contribution in [0.4, 0.5) is 0 Å². The zero-order valence-corrected chi connectivity index (χ0v) is 12.9. The zero-order chi connectivity index (χ0) is 16.9. The van der Waals surface area contributed by atoms with Crippen LogP contribution >= 0.6 is 11.6 Å². The summed E-state index contributed by atoms with van der Waals surface area (Å²) in [5.74, 6) is -2.51. The predicted octanol–water partition coefficient (Wildman–Crippen LogP) is 2.71. The van der Waals surface area contributed by atoms with Gasteiger partial charge >= 0.3 is 0 Å². The number of benzene rings is 1. The second kappa shape index (κ2) is 4.70. The van der Waals surface area contributed by atoms with Gasteiger partial charge in [0, 0.05) is 10.6 Å². The van der Waals surface area contributed by atoms with E-state index in [1.165, 1.54) is 0 Å². The Labute approximate surface area is 137 Å². The lowest BCUT2D eigenvalue weighted by atomic mass is 9.57. The molecule has 0 saturated carbocycles. The van der Waals surface area contributed by atoms with Crippen molar-refractivity contribution in [3.63, 3.8) is 0 Å². The third kappa shape index (κ3) is 1.56. The molecule has 2 fully saturated rings. The van der Waals surface area contributed by atoms with Crippen molar-refractivity contribution in [2.75, 3.05) is 6.61 Å². The van der Waals surface area contributed by atoms with E-state index >= 15 is 0 Å². The van der Waals surface area contributed by atoms with E-state index in [9.17, 15) is 15.8 Å². The topological polar surface area (TPSA) is 114 Å². The lowest BCUT2D eigenvalue weighted by molar-refractivity contribution is -0.252. The van der Waals surface area contributed by atoms with Crippen molar-refractivity contribution in [1.82, 2.24) is 0 Å². The zero-order valence-electron chi connectivity index (χ0n) is 12.1. The van der Waals surface area contributed by atoms with Gasteiger partial charge in [-0.2, -0.15) is 15.8 Å². The van der Waals surface area contributed by atoms with Crippen molar-refractivity contribution < 1.29 is 9.47 Å². The van der Waals surface area contributed by atoms with Gasteiger partial charge in [0.1, 0.15) is 0 Å². The number of hydrogen-bond acceptors (Lipinski definition) is 6. The lowest BCUT2D eigenvalue weighted by Crippen LogP contribution is -2.56. The van der Waals surface area contributed by atoms with Crippen LogP contribution in [0.5, 0.6) is 0 Å². The molecular formula is C16H11ClN4O2. The molecule has 1 aromatic carbocycles. The highest BCUT2D eigenvalue weighted by Crippen LogP contribution is 2.63. The second-order valence-electron chi connectivity index (χ2n) is 5.66. The first-order valence-electron chi connectivity index (χ1n) is 6.84. The maximum atomic E-state index is 9.76. The largest absolute Gasteiger partial charge is 0.443 e. The highest BCUT2D eigenvalue weighted by molar-refractivity contribution is 6.30. The standard InChI is InChI=1S/C16H11ClN4O2/c1-10-15(8-20)13(21)23-16(10,11-2-4-12(17)5-3-11)22-9-14(15,6-18)7-19/h2-5,10,21H,9H2,1H3. The molecule has 3 unspecified atom stereocenters. The summed E-state index contributed by atoms with van der Waals surface area (Å²) in [4.78, 5) is 0. The molecule has 23 heavy (non-hydrogen) atoms. The number of hydrogen-bond donors (Lipinski definition) is 1. The van der Waals surface area contributed by atoms with Gasteiger partial charge in [-0.05, 0) is 12.1 Å². The minimum Gasteiger partial charge on any atom is -0.443 e. The van der Waals surface area contributed by atoms with E-state index in [4.69, 9.17) is 26.5 Å². The number of ether oxygens (including phenoxy) is 2. The Morgan fingerprint density at radius 3 is 2.30 bits per heavy atom. The summed E-state index contributed by atoms with van der Waals surface area (Å²) < 4.78 is 11.4. The summed E-state index contributed by atoms with van der Waals surface area (Å²) >= 11 is 5.90. The minimum absolute atomic E-state index is 0.317. The Balaban J connectivity index is 2.23. The molecule has 3 rings (SSSR count). The molecule has 1 N–H and O–H groups in total. The van der Waals surface area contributed by atoms with Crippen molar-refractivity contribution >= 4 is 17.5 Å². The van der Waals surface area contributed by atoms with Crippen LogP contribution in [-0.2, 0) is 15.3 Å². The van der Waals surface area contributed by atoms with Gasteiger partial charge in [0.25, 0.3) is 0 Å². The van der Waals surface area contributed by atoms with Crippen LogP contribution in [-0.4, -0.2) is 12.5 Å². The van der Waals surface area contributed by atoms with Crippen molar-refractivity contribution in [2.24, 2.45) is 16.7 Å². The molecule has 3 atom stereocenters. The summed E-state index contributed by atoms with van der Waals surface area (Å²) in [5.41, 5.74) is -2.89. The first-order valence-corrected chi connectivity index (χ1v) is 7.22. The monoisotopic (exact) mass is 326 g/mol. The predicted molar refractivity (Wildman–Crippen MR) is 78.8 cm³/mol. The molecule has 114 valence electrons. The van der Waals surface area contributed by atoms with E-state index in [0.29, 0.717) is 10.6 Å². The molecule has 2 saturated heterocycles. The first-order chi connectivity index (χ1) is 10.9. The molecular weight excluding hydrogens is 316 g/mol. The maximum absolute atomic E-state index is 9.76. The van der Waals surface area contributed by atoms with Gasteiger partial charge in [-0.25, -0.2) is 0 Å². The van der Waals surface area contributed by atoms with Gasteiger partial charge in [-0.1, -0.05) is 30.7 Å². The number of nitriles is 3. The van der Waals surface area contributed by atoms with Crippen molar-refractivity contribution in [2.45, 2.75) is 12.7 Å². The number of halogens is 1. The van der Waals surface area contributed by atoms with Gasteiger partial charge in [-0.3, -0.25) is 5.41 Å². The summed E-state index contributed by atoms with van der Waals surface area (Å²) in [6.07, 6.45) is 0. The van der Waals surface area contributed by atoms with Gasteiger partial charge in [0.05, 0.1) is 30.7 Å². The third-order valence-electron chi connectivity index (χ3n) is 4.81. The molecule has 0 amide bonds. The van der Waals surface area contributed by atoms with E-state index in [1.807, 2.05) is 18.2 Å². The normalized spacial score (nSPS) is 33.9. The van der Waals surface area contributed by atoms with E-state index in [0.717, 1.165) is 0 Å². The molecule has 2 bridgehead atoms. The van der Waals surface area contributed by atoms with E-state index in [1.54, 1.807) is 31.2 Å². The summed E-state index contributed by atoms with van der Waals surface area (Å²) in [5, 5.41) is 37.5. The van der Waals surface area contributed by atoms with Gasteiger partial charge in [0.15, 0.2) is 10.8 Å². The van der Waals surface area contributed by atoms with Crippen molar-refractivity contribution in [1.29, 1.82) is 21.2 Å². The Morgan fingerprint density at radius 1 is 1.17 bits per heavy atom. The van der Waals surface area contributed by atoms with Crippen LogP contribution in [0.25, 0.3) is 0 Å². The molecule has 0 spiro atoms. The average molecular weight is 327 g/mol. The molecule has 0 aliphatic carbocycles. The second-order valence-corrected chi connectivity index (χ2v) is 6.10. The SMILES string of the molecule is CC1C2(c3ccc(Cl)cc3)OCC(C#N)(C#N)C1(C#N)C(=N)O2. The quantitative estimate of drug-likeness (QED) is 0.852. The maximum Gasteiger partial charge on any atom is 0.243 e. The smallest absolute Gasteiger partial charge is 0.243 e. The van der Waals surface area contributed by atoms with Crippen LogP contribution in [0, 0.1) is 56.2 Å². The molecule has 2 heterocycles. The van der Waals surface area contributed by atoms with Crippen LogP contribution in [0.15, 0.2) is 24.3 Å². The molecule has 0 aromatic heterocycles. The summed E-state index contributed by atoms with van der Waals surface area (Å²) in [7, 11) is 0. The Bertz CT molecular complexity index is 802. The van der Waals surface area contributed by atoms with Crippen LogP contribution in [0.1, 0.15) is 12.5 Å². The van der Waals surface area contributed by atoms with E-state index < -0.39 is 28.4 Å². The van der Waals surface area contributed by atoms with E-state index in [2.05, 4.69) is 0 Å². The highest BCUT2D eigenvalue weighted by Gasteiger charge is 2.76. The van der Waals surface area contributed by atoms with Crippen molar-refractivity contribution in [3.05, 3.63) is 34.9 Å². The third-order valence-corrected chi connectivity index (χ3v) is 5.06. The number of rotatable bonds is 1. The molecule has 1 aromatic rings. The molecule has 7 heteroatoms. The molecule has 0 radical (unpaired) electrons. The number of fused-ring (bicyclic) bond motifs is 2. The van der Waals surface area contributed by atoms with Gasteiger partial charge < -0.3 is 9.47 Å².